The van der Waals surface area contributed by atoms with E-state index in [0.717, 1.165) is 57.8 Å². The van der Waals surface area contributed by atoms with E-state index in [9.17, 15) is 38.7 Å². The van der Waals surface area contributed by atoms with Crippen molar-refractivity contribution in [2.24, 2.45) is 0 Å². The highest BCUT2D eigenvalue weighted by molar-refractivity contribution is 5.84. The van der Waals surface area contributed by atoms with Crippen LogP contribution in [0.5, 0.6) is 0 Å². The molecule has 0 aliphatic rings. The number of rotatable bonds is 47. The van der Waals surface area contributed by atoms with E-state index < -0.39 is 18.0 Å². The molecular formula is C45H83N5O13. The van der Waals surface area contributed by atoms with Crippen molar-refractivity contribution in [3.05, 3.63) is 0 Å². The fourth-order valence-corrected chi connectivity index (χ4v) is 6.57. The first kappa shape index (κ1) is 59.3. The molecule has 18 heteroatoms. The molecule has 0 aliphatic carbocycles. The summed E-state index contributed by atoms with van der Waals surface area (Å²) in [6.07, 6.45) is 20.6. The molecule has 0 aliphatic heterocycles. The molecular weight excluding hydrogens is 819 g/mol. The molecule has 0 rings (SSSR count). The quantitative estimate of drug-likeness (QED) is 0.0423. The third-order valence-electron chi connectivity index (χ3n) is 10.3. The molecule has 18 nitrogen and oxygen atoms in total. The molecule has 0 spiro atoms. The minimum Gasteiger partial charge on any atom is -0.481 e. The number of hydrogen-bond donors (Lipinski definition) is 7. The molecule has 0 saturated heterocycles. The Morgan fingerprint density at radius 2 is 0.857 bits per heavy atom. The molecule has 0 heterocycles. The number of amides is 4. The predicted octanol–water partition coefficient (Wildman–Crippen LogP) is 4.20. The summed E-state index contributed by atoms with van der Waals surface area (Å²) in [7, 11) is 1.76. The number of carboxylic acids is 2. The van der Waals surface area contributed by atoms with E-state index in [0.29, 0.717) is 13.0 Å². The van der Waals surface area contributed by atoms with Gasteiger partial charge < -0.3 is 55.7 Å². The third-order valence-corrected chi connectivity index (χ3v) is 10.3. The normalized spacial score (nSPS) is 12.0. The lowest BCUT2D eigenvalue weighted by Gasteiger charge is -2.14. The van der Waals surface area contributed by atoms with E-state index in [1.807, 2.05) is 0 Å². The number of likely N-dealkylation sites (N-methyl/N-ethyl adjacent to an activating group) is 1. The summed E-state index contributed by atoms with van der Waals surface area (Å²) in [6, 6.07) is -1.29. The summed E-state index contributed by atoms with van der Waals surface area (Å²) in [4.78, 5) is 81.9. The van der Waals surface area contributed by atoms with Crippen LogP contribution in [0.1, 0.15) is 155 Å². The molecule has 0 fully saturated rings. The zero-order chi connectivity index (χ0) is 46.6. The number of carboxylic acid groups (broad SMARTS) is 2. The fourth-order valence-electron chi connectivity index (χ4n) is 6.57. The van der Waals surface area contributed by atoms with Gasteiger partial charge in [-0.15, -0.1) is 0 Å². The van der Waals surface area contributed by atoms with E-state index in [2.05, 4.69) is 26.6 Å². The van der Waals surface area contributed by atoms with Crippen molar-refractivity contribution in [3.8, 4) is 0 Å². The van der Waals surface area contributed by atoms with Crippen LogP contribution in [0.15, 0.2) is 0 Å². The van der Waals surface area contributed by atoms with Crippen molar-refractivity contribution in [1.82, 2.24) is 26.6 Å². The molecule has 7 N–H and O–H groups in total. The van der Waals surface area contributed by atoms with Crippen LogP contribution < -0.4 is 26.6 Å². The Bertz CT molecular complexity index is 1230. The number of unbranched alkanes of at least 4 members (excludes halogenated alkanes) is 16. The van der Waals surface area contributed by atoms with E-state index in [1.54, 1.807) is 14.0 Å². The number of Topliss-reactive ketones (excluding diaryl/α,β-unsaturated/α-hetero) is 1. The highest BCUT2D eigenvalue weighted by Crippen LogP contribution is 2.14. The van der Waals surface area contributed by atoms with Crippen molar-refractivity contribution < 1.29 is 62.7 Å². The van der Waals surface area contributed by atoms with Gasteiger partial charge in [0.2, 0.25) is 23.6 Å². The average Bonchev–Trinajstić information content (AvgIpc) is 3.24. The number of ether oxygens (including phenoxy) is 4. The van der Waals surface area contributed by atoms with Gasteiger partial charge in [-0.25, -0.2) is 4.79 Å². The SMILES string of the molecule is CN[C@@H](CCCCNC(=O)COCCOCCNC(=O)COCCOCCNC(=O)CC[C@H](NC(=O)CCCCCCCCCCCCCCCCCCC(=O)O)C(=O)O)C(C)=O. The Morgan fingerprint density at radius 1 is 0.429 bits per heavy atom. The van der Waals surface area contributed by atoms with Gasteiger partial charge in [-0.3, -0.25) is 28.8 Å². The van der Waals surface area contributed by atoms with Crippen molar-refractivity contribution in [2.75, 3.05) is 79.5 Å². The Labute approximate surface area is 376 Å². The Hall–Kier alpha value is -3.71. The number of carbonyl (C=O) groups excluding carboxylic acids is 5. The summed E-state index contributed by atoms with van der Waals surface area (Å²) in [6.45, 7) is 3.68. The maximum atomic E-state index is 12.3. The van der Waals surface area contributed by atoms with E-state index >= 15 is 0 Å². The van der Waals surface area contributed by atoms with Crippen LogP contribution >= 0.6 is 0 Å². The zero-order valence-corrected chi connectivity index (χ0v) is 38.6. The highest BCUT2D eigenvalue weighted by atomic mass is 16.5. The van der Waals surface area contributed by atoms with Crippen LogP contribution in [0.3, 0.4) is 0 Å². The van der Waals surface area contributed by atoms with E-state index in [-0.39, 0.29) is 127 Å². The van der Waals surface area contributed by atoms with E-state index in [1.165, 1.54) is 57.8 Å². The van der Waals surface area contributed by atoms with Gasteiger partial charge in [0.1, 0.15) is 25.0 Å². The Morgan fingerprint density at radius 3 is 1.30 bits per heavy atom. The molecule has 366 valence electrons. The van der Waals surface area contributed by atoms with E-state index in [4.69, 9.17) is 24.1 Å². The van der Waals surface area contributed by atoms with Gasteiger partial charge >= 0.3 is 11.9 Å². The molecule has 2 atom stereocenters. The topological polar surface area (TPSA) is 257 Å². The first-order chi connectivity index (χ1) is 30.5. The lowest BCUT2D eigenvalue weighted by molar-refractivity contribution is -0.142. The zero-order valence-electron chi connectivity index (χ0n) is 38.6. The maximum absolute atomic E-state index is 12.3. The number of ketones is 1. The van der Waals surface area contributed by atoms with Crippen LogP contribution in [0.25, 0.3) is 0 Å². The number of aliphatic carboxylic acids is 2. The summed E-state index contributed by atoms with van der Waals surface area (Å²) < 4.78 is 21.4. The summed E-state index contributed by atoms with van der Waals surface area (Å²) >= 11 is 0. The molecule has 0 bridgehead atoms. The molecule has 0 aromatic heterocycles. The van der Waals surface area contributed by atoms with Crippen LogP contribution in [0.4, 0.5) is 0 Å². The van der Waals surface area contributed by atoms with Gasteiger partial charge in [-0.2, -0.15) is 0 Å². The fraction of sp³-hybridized carbons (Fsp3) is 0.844. The molecule has 0 unspecified atom stereocenters. The average molecular weight is 902 g/mol. The third kappa shape index (κ3) is 42.0. The Balaban J connectivity index is 3.64. The highest BCUT2D eigenvalue weighted by Gasteiger charge is 2.21. The summed E-state index contributed by atoms with van der Waals surface area (Å²) in [5.41, 5.74) is 0. The second-order valence-electron chi connectivity index (χ2n) is 15.9. The first-order valence-electron chi connectivity index (χ1n) is 23.5. The van der Waals surface area contributed by atoms with Crippen molar-refractivity contribution in [3.63, 3.8) is 0 Å². The second-order valence-corrected chi connectivity index (χ2v) is 15.9. The Kier molecular flexibility index (Phi) is 41.0. The number of hydrogen-bond acceptors (Lipinski definition) is 12. The largest absolute Gasteiger partial charge is 0.481 e. The molecule has 63 heavy (non-hydrogen) atoms. The van der Waals surface area contributed by atoms with Crippen molar-refractivity contribution in [2.45, 2.75) is 167 Å². The lowest BCUT2D eigenvalue weighted by Crippen LogP contribution is -2.41. The predicted molar refractivity (Wildman–Crippen MR) is 239 cm³/mol. The number of carbonyl (C=O) groups is 7. The smallest absolute Gasteiger partial charge is 0.326 e. The second kappa shape index (κ2) is 43.5. The minimum absolute atomic E-state index is 0.0224. The molecule has 0 aromatic carbocycles. The standard InChI is InChI=1S/C45H83N5O13/c1-37(51)38(46-2)21-19-20-26-47-42(54)35-62-33-32-61-30-28-49-43(55)36-63-34-31-60-29-27-48-40(52)25-24-39(45(58)59)50-41(53)22-17-15-13-11-9-7-5-3-4-6-8-10-12-14-16-18-23-44(56)57/h38-39,46H,3-36H2,1-2H3,(H,47,54)(H,48,52)(H,49,55)(H,50,53)(H,56,57)(H,58,59)/t38-,39-/m0/s1. The van der Waals surface area contributed by atoms with Crippen LogP contribution in [-0.2, 0) is 52.5 Å². The van der Waals surface area contributed by atoms with Gasteiger partial charge in [0.05, 0.1) is 45.7 Å². The summed E-state index contributed by atoms with van der Waals surface area (Å²) in [5.74, 6) is -2.99. The van der Waals surface area contributed by atoms with Crippen LogP contribution in [0.2, 0.25) is 0 Å². The van der Waals surface area contributed by atoms with Crippen molar-refractivity contribution >= 4 is 41.4 Å². The maximum Gasteiger partial charge on any atom is 0.326 e. The molecule has 4 amide bonds. The minimum atomic E-state index is -1.18. The van der Waals surface area contributed by atoms with Gasteiger partial charge in [0.25, 0.3) is 0 Å². The van der Waals surface area contributed by atoms with Crippen LogP contribution in [0, 0.1) is 0 Å². The molecule has 0 aromatic rings. The molecule has 0 radical (unpaired) electrons. The van der Waals surface area contributed by atoms with Crippen LogP contribution in [-0.4, -0.2) is 143 Å². The van der Waals surface area contributed by atoms with Gasteiger partial charge in [-0.05, 0) is 52.5 Å². The van der Waals surface area contributed by atoms with Crippen molar-refractivity contribution in [1.29, 1.82) is 0 Å². The molecule has 0 saturated carbocycles. The summed E-state index contributed by atoms with van der Waals surface area (Å²) in [5, 5.41) is 31.8. The monoisotopic (exact) mass is 902 g/mol. The van der Waals surface area contributed by atoms with Gasteiger partial charge in [-0.1, -0.05) is 89.9 Å². The van der Waals surface area contributed by atoms with Gasteiger partial charge in [0.15, 0.2) is 0 Å². The lowest BCUT2D eigenvalue weighted by atomic mass is 10.0. The van der Waals surface area contributed by atoms with Gasteiger partial charge in [0, 0.05) is 38.9 Å². The number of nitrogens with one attached hydrogen (secondary N) is 5. The first-order valence-corrected chi connectivity index (χ1v) is 23.5.